The molecule has 0 unspecified atom stereocenters. The fourth-order valence-corrected chi connectivity index (χ4v) is 3.15. The highest BCUT2D eigenvalue weighted by Gasteiger charge is 2.11. The van der Waals surface area contributed by atoms with Gasteiger partial charge in [0.25, 0.3) is 5.56 Å². The Morgan fingerprint density at radius 3 is 2.62 bits per heavy atom. The quantitative estimate of drug-likeness (QED) is 0.394. The van der Waals surface area contributed by atoms with Crippen LogP contribution in [0.3, 0.4) is 0 Å². The molecule has 0 bridgehead atoms. The monoisotopic (exact) mass is 433 g/mol. The van der Waals surface area contributed by atoms with E-state index in [9.17, 15) is 9.59 Å². The van der Waals surface area contributed by atoms with E-state index < -0.39 is 11.2 Å². The van der Waals surface area contributed by atoms with Crippen LogP contribution >= 0.6 is 0 Å². The molecule has 2 aromatic carbocycles. The van der Waals surface area contributed by atoms with Crippen molar-refractivity contribution in [1.82, 2.24) is 19.7 Å². The van der Waals surface area contributed by atoms with E-state index in [0.717, 1.165) is 21.4 Å². The van der Waals surface area contributed by atoms with E-state index in [1.807, 2.05) is 54.6 Å². The molecule has 164 valence electrons. The van der Waals surface area contributed by atoms with Gasteiger partial charge in [-0.1, -0.05) is 30.3 Å². The van der Waals surface area contributed by atoms with E-state index in [2.05, 4.69) is 20.5 Å². The van der Waals surface area contributed by atoms with Gasteiger partial charge >= 0.3 is 5.69 Å². The molecule has 0 radical (unpaired) electrons. The summed E-state index contributed by atoms with van der Waals surface area (Å²) in [5.41, 5.74) is 2.51. The minimum absolute atomic E-state index is 0.320. The fourth-order valence-electron chi connectivity index (χ4n) is 3.15. The Balaban J connectivity index is 1.46. The second-order valence-electron chi connectivity index (χ2n) is 7.15. The molecule has 0 saturated heterocycles. The van der Waals surface area contributed by atoms with E-state index in [4.69, 9.17) is 9.47 Å². The third-order valence-corrected chi connectivity index (χ3v) is 4.95. The van der Waals surface area contributed by atoms with Gasteiger partial charge in [-0.25, -0.2) is 4.79 Å². The molecular weight excluding hydrogens is 410 g/mol. The van der Waals surface area contributed by atoms with Gasteiger partial charge in [0.15, 0.2) is 0 Å². The van der Waals surface area contributed by atoms with Crippen molar-refractivity contribution in [3.05, 3.63) is 92.8 Å². The highest BCUT2D eigenvalue weighted by atomic mass is 16.5. The van der Waals surface area contributed by atoms with Crippen molar-refractivity contribution in [2.24, 2.45) is 7.05 Å². The molecule has 0 amide bonds. The smallest absolute Gasteiger partial charge is 0.329 e. The van der Waals surface area contributed by atoms with Crippen LogP contribution in [-0.4, -0.2) is 26.9 Å². The zero-order valence-corrected chi connectivity index (χ0v) is 17.7. The Hall–Kier alpha value is -4.27. The SMILES string of the molecule is COc1cc(OCc2ccccc2)ccc1-c1cc(CNc2cc(=O)n(C)c(=O)[nH]2)n[nH]1. The molecule has 2 aromatic heterocycles. The molecule has 0 saturated carbocycles. The minimum atomic E-state index is -0.484. The summed E-state index contributed by atoms with van der Waals surface area (Å²) >= 11 is 0. The summed E-state index contributed by atoms with van der Waals surface area (Å²) in [5.74, 6) is 1.68. The predicted octanol–water partition coefficient (Wildman–Crippen LogP) is 2.66. The number of hydrogen-bond donors (Lipinski definition) is 3. The van der Waals surface area contributed by atoms with Crippen molar-refractivity contribution < 1.29 is 9.47 Å². The first-order valence-corrected chi connectivity index (χ1v) is 9.97. The molecule has 2 heterocycles. The van der Waals surface area contributed by atoms with E-state index >= 15 is 0 Å². The molecule has 0 aliphatic carbocycles. The van der Waals surface area contributed by atoms with Crippen LogP contribution in [0.4, 0.5) is 5.82 Å². The predicted molar refractivity (Wildman–Crippen MR) is 121 cm³/mol. The molecule has 0 spiro atoms. The number of rotatable bonds is 8. The largest absolute Gasteiger partial charge is 0.496 e. The van der Waals surface area contributed by atoms with Crippen molar-refractivity contribution in [3.8, 4) is 22.8 Å². The van der Waals surface area contributed by atoms with Crippen LogP contribution in [0, 0.1) is 0 Å². The Morgan fingerprint density at radius 2 is 1.88 bits per heavy atom. The highest BCUT2D eigenvalue weighted by Crippen LogP contribution is 2.33. The van der Waals surface area contributed by atoms with Gasteiger partial charge in [-0.15, -0.1) is 0 Å². The first kappa shape index (κ1) is 21.0. The van der Waals surface area contributed by atoms with E-state index in [1.54, 1.807) is 7.11 Å². The number of nitrogens with zero attached hydrogens (tertiary/aromatic N) is 2. The Kier molecular flexibility index (Phi) is 6.07. The summed E-state index contributed by atoms with van der Waals surface area (Å²) in [5, 5.41) is 10.3. The molecule has 0 aliphatic heterocycles. The molecule has 9 heteroatoms. The van der Waals surface area contributed by atoms with Gasteiger partial charge in [-0.3, -0.25) is 19.4 Å². The third kappa shape index (κ3) is 4.72. The molecule has 3 N–H and O–H groups in total. The maximum atomic E-state index is 11.7. The number of H-pyrrole nitrogens is 2. The second-order valence-corrected chi connectivity index (χ2v) is 7.15. The van der Waals surface area contributed by atoms with Gasteiger partial charge in [-0.05, 0) is 23.8 Å². The molecule has 4 rings (SSSR count). The van der Waals surface area contributed by atoms with Crippen LogP contribution in [0.2, 0.25) is 0 Å². The van der Waals surface area contributed by atoms with Crippen LogP contribution in [-0.2, 0) is 20.2 Å². The summed E-state index contributed by atoms with van der Waals surface area (Å²) in [6.45, 7) is 0.786. The van der Waals surface area contributed by atoms with Gasteiger partial charge in [-0.2, -0.15) is 5.10 Å². The topological polar surface area (TPSA) is 114 Å². The van der Waals surface area contributed by atoms with Gasteiger partial charge < -0.3 is 14.8 Å². The summed E-state index contributed by atoms with van der Waals surface area (Å²) in [6.07, 6.45) is 0. The minimum Gasteiger partial charge on any atom is -0.496 e. The average molecular weight is 433 g/mol. The first-order chi connectivity index (χ1) is 15.5. The van der Waals surface area contributed by atoms with E-state index in [1.165, 1.54) is 13.1 Å². The third-order valence-electron chi connectivity index (χ3n) is 4.95. The molecule has 32 heavy (non-hydrogen) atoms. The van der Waals surface area contributed by atoms with Crippen molar-refractivity contribution >= 4 is 5.82 Å². The van der Waals surface area contributed by atoms with Gasteiger partial charge in [0, 0.05) is 24.7 Å². The Morgan fingerprint density at radius 1 is 1.06 bits per heavy atom. The summed E-state index contributed by atoms with van der Waals surface area (Å²) < 4.78 is 12.4. The number of aromatic nitrogens is 4. The van der Waals surface area contributed by atoms with Gasteiger partial charge in [0.1, 0.15) is 23.9 Å². The standard InChI is InChI=1S/C23H23N5O4/c1-28-22(29)12-21(25-23(28)30)24-13-16-10-19(27-26-16)18-9-8-17(11-20(18)31-2)32-14-15-6-4-3-5-7-15/h3-12,24H,13-14H2,1-2H3,(H,25,30)(H,26,27). The number of methoxy groups -OCH3 is 1. The van der Waals surface area contributed by atoms with Crippen LogP contribution < -0.4 is 26.0 Å². The Bertz CT molecular complexity index is 1290. The number of aromatic amines is 2. The van der Waals surface area contributed by atoms with Crippen LogP contribution in [0.1, 0.15) is 11.3 Å². The lowest BCUT2D eigenvalue weighted by atomic mass is 10.1. The average Bonchev–Trinajstić information content (AvgIpc) is 3.29. The zero-order chi connectivity index (χ0) is 22.5. The number of benzene rings is 2. The van der Waals surface area contributed by atoms with Crippen molar-refractivity contribution in [2.45, 2.75) is 13.2 Å². The zero-order valence-electron chi connectivity index (χ0n) is 17.7. The summed E-state index contributed by atoms with van der Waals surface area (Å²) in [4.78, 5) is 26.0. The molecule has 9 nitrogen and oxygen atoms in total. The lowest BCUT2D eigenvalue weighted by Crippen LogP contribution is -2.32. The van der Waals surface area contributed by atoms with E-state index in [-0.39, 0.29) is 0 Å². The van der Waals surface area contributed by atoms with Crippen LogP contribution in [0.5, 0.6) is 11.5 Å². The second kappa shape index (κ2) is 9.25. The molecular formula is C23H23N5O4. The maximum Gasteiger partial charge on any atom is 0.329 e. The molecule has 0 aliphatic rings. The number of hydrogen-bond acceptors (Lipinski definition) is 6. The molecule has 0 atom stereocenters. The number of anilines is 1. The summed E-state index contributed by atoms with van der Waals surface area (Å²) in [7, 11) is 3.02. The number of ether oxygens (including phenoxy) is 2. The number of nitrogens with one attached hydrogen (secondary N) is 3. The Labute approximate surface area is 183 Å². The van der Waals surface area contributed by atoms with Crippen molar-refractivity contribution in [1.29, 1.82) is 0 Å². The van der Waals surface area contributed by atoms with Crippen LogP contribution in [0.25, 0.3) is 11.3 Å². The lowest BCUT2D eigenvalue weighted by molar-refractivity contribution is 0.304. The maximum absolute atomic E-state index is 11.7. The van der Waals surface area contributed by atoms with E-state index in [0.29, 0.717) is 36.2 Å². The fraction of sp³-hybridized carbons (Fsp3) is 0.174. The highest BCUT2D eigenvalue weighted by molar-refractivity contribution is 5.68. The molecule has 4 aromatic rings. The van der Waals surface area contributed by atoms with Crippen molar-refractivity contribution in [2.75, 3.05) is 12.4 Å². The van der Waals surface area contributed by atoms with Crippen LogP contribution in [0.15, 0.2) is 70.3 Å². The van der Waals surface area contributed by atoms with Gasteiger partial charge in [0.05, 0.1) is 25.0 Å². The molecule has 0 fully saturated rings. The van der Waals surface area contributed by atoms with Crippen molar-refractivity contribution in [3.63, 3.8) is 0 Å². The first-order valence-electron chi connectivity index (χ1n) is 9.97. The normalized spacial score (nSPS) is 10.7. The lowest BCUT2D eigenvalue weighted by Gasteiger charge is -2.11. The van der Waals surface area contributed by atoms with Gasteiger partial charge in [0.2, 0.25) is 0 Å². The summed E-state index contributed by atoms with van der Waals surface area (Å²) in [6, 6.07) is 18.7.